The summed E-state index contributed by atoms with van der Waals surface area (Å²) >= 11 is 11.8. The summed E-state index contributed by atoms with van der Waals surface area (Å²) in [6.45, 7) is 0. The maximum absolute atomic E-state index is 6.99. The summed E-state index contributed by atoms with van der Waals surface area (Å²) < 4.78 is 5.55. The minimum absolute atomic E-state index is 0.501. The Labute approximate surface area is 103 Å². The van der Waals surface area contributed by atoms with Crippen LogP contribution in [-0.2, 0) is 6.42 Å². The zero-order valence-electron chi connectivity index (χ0n) is 8.34. The van der Waals surface area contributed by atoms with Crippen LogP contribution in [0.5, 0.6) is 0 Å². The SMILES string of the molecule is N=CCc1ccc(-c2ccc(Cl)c(Cl)c2)o1. The van der Waals surface area contributed by atoms with E-state index in [-0.39, 0.29) is 0 Å². The van der Waals surface area contributed by atoms with Crippen molar-refractivity contribution in [1.29, 1.82) is 5.41 Å². The van der Waals surface area contributed by atoms with Crippen molar-refractivity contribution in [2.75, 3.05) is 0 Å². The standard InChI is InChI=1S/C12H9Cl2NO/c13-10-3-1-8(7-11(10)14)12-4-2-9(16-12)5-6-15/h1-4,6-7,15H,5H2. The minimum Gasteiger partial charge on any atom is -0.461 e. The van der Waals surface area contributed by atoms with Gasteiger partial charge in [-0.2, -0.15) is 0 Å². The third-order valence-electron chi connectivity index (χ3n) is 2.17. The van der Waals surface area contributed by atoms with Crippen molar-refractivity contribution in [2.24, 2.45) is 0 Å². The Morgan fingerprint density at radius 3 is 2.62 bits per heavy atom. The number of benzene rings is 1. The molecule has 0 atom stereocenters. The molecule has 2 nitrogen and oxygen atoms in total. The van der Waals surface area contributed by atoms with Crippen molar-refractivity contribution in [1.82, 2.24) is 0 Å². The fourth-order valence-corrected chi connectivity index (χ4v) is 1.69. The molecule has 82 valence electrons. The average Bonchev–Trinajstić information content (AvgIpc) is 2.71. The molecule has 0 fully saturated rings. The van der Waals surface area contributed by atoms with Gasteiger partial charge in [-0.05, 0) is 30.3 Å². The van der Waals surface area contributed by atoms with Crippen LogP contribution in [0.15, 0.2) is 34.7 Å². The smallest absolute Gasteiger partial charge is 0.134 e. The van der Waals surface area contributed by atoms with Crippen molar-refractivity contribution >= 4 is 29.4 Å². The topological polar surface area (TPSA) is 37.0 Å². The molecule has 0 aliphatic carbocycles. The van der Waals surface area contributed by atoms with Gasteiger partial charge in [0.25, 0.3) is 0 Å². The molecular weight excluding hydrogens is 245 g/mol. The highest BCUT2D eigenvalue weighted by molar-refractivity contribution is 6.42. The van der Waals surface area contributed by atoms with Crippen LogP contribution in [0.25, 0.3) is 11.3 Å². The number of hydrogen-bond donors (Lipinski definition) is 1. The maximum Gasteiger partial charge on any atom is 0.134 e. The van der Waals surface area contributed by atoms with Crippen LogP contribution >= 0.6 is 23.2 Å². The molecule has 0 amide bonds. The fraction of sp³-hybridized carbons (Fsp3) is 0.0833. The quantitative estimate of drug-likeness (QED) is 0.807. The summed E-state index contributed by atoms with van der Waals surface area (Å²) in [5.41, 5.74) is 0.880. The van der Waals surface area contributed by atoms with Gasteiger partial charge in [0.15, 0.2) is 0 Å². The van der Waals surface area contributed by atoms with Gasteiger partial charge in [0.2, 0.25) is 0 Å². The van der Waals surface area contributed by atoms with Crippen molar-refractivity contribution in [2.45, 2.75) is 6.42 Å². The van der Waals surface area contributed by atoms with E-state index in [2.05, 4.69) is 0 Å². The Hall–Kier alpha value is -1.25. The summed E-state index contributed by atoms with van der Waals surface area (Å²) in [7, 11) is 0. The second-order valence-electron chi connectivity index (χ2n) is 3.30. The highest BCUT2D eigenvalue weighted by Gasteiger charge is 2.06. The van der Waals surface area contributed by atoms with Crippen LogP contribution in [0, 0.1) is 5.41 Å². The summed E-state index contributed by atoms with van der Waals surface area (Å²) in [6, 6.07) is 9.05. The van der Waals surface area contributed by atoms with Gasteiger partial charge >= 0.3 is 0 Å². The predicted octanol–water partition coefficient (Wildman–Crippen LogP) is 4.45. The van der Waals surface area contributed by atoms with Gasteiger partial charge < -0.3 is 9.83 Å². The Kier molecular flexibility index (Phi) is 3.32. The van der Waals surface area contributed by atoms with Crippen LogP contribution in [-0.4, -0.2) is 6.21 Å². The molecule has 0 unspecified atom stereocenters. The molecule has 1 aromatic carbocycles. The molecule has 16 heavy (non-hydrogen) atoms. The van der Waals surface area contributed by atoms with Crippen LogP contribution in [0.3, 0.4) is 0 Å². The zero-order chi connectivity index (χ0) is 11.5. The van der Waals surface area contributed by atoms with Crippen LogP contribution in [0.2, 0.25) is 10.0 Å². The van der Waals surface area contributed by atoms with E-state index in [0.29, 0.717) is 16.5 Å². The Morgan fingerprint density at radius 1 is 1.12 bits per heavy atom. The third-order valence-corrected chi connectivity index (χ3v) is 2.91. The first-order valence-corrected chi connectivity index (χ1v) is 5.49. The number of furan rings is 1. The molecule has 1 N–H and O–H groups in total. The van der Waals surface area contributed by atoms with E-state index >= 15 is 0 Å². The molecule has 0 spiro atoms. The van der Waals surface area contributed by atoms with Crippen molar-refractivity contribution in [3.8, 4) is 11.3 Å². The van der Waals surface area contributed by atoms with Crippen LogP contribution < -0.4 is 0 Å². The lowest BCUT2D eigenvalue weighted by molar-refractivity contribution is 0.541. The molecule has 0 aliphatic rings. The van der Waals surface area contributed by atoms with Gasteiger partial charge in [0.1, 0.15) is 11.5 Å². The van der Waals surface area contributed by atoms with Crippen molar-refractivity contribution in [3.05, 3.63) is 46.1 Å². The summed E-state index contributed by atoms with van der Waals surface area (Å²) in [5, 5.41) is 8.02. The van der Waals surface area contributed by atoms with Crippen LogP contribution in [0.1, 0.15) is 5.76 Å². The van der Waals surface area contributed by atoms with E-state index in [1.165, 1.54) is 6.21 Å². The lowest BCUT2D eigenvalue weighted by atomic mass is 10.2. The summed E-state index contributed by atoms with van der Waals surface area (Å²) in [5.74, 6) is 1.49. The van der Waals surface area contributed by atoms with Gasteiger partial charge in [-0.25, -0.2) is 0 Å². The molecule has 2 aromatic rings. The normalized spacial score (nSPS) is 10.4. The Balaban J connectivity index is 2.34. The molecule has 1 aromatic heterocycles. The second kappa shape index (κ2) is 4.73. The predicted molar refractivity (Wildman–Crippen MR) is 66.7 cm³/mol. The third kappa shape index (κ3) is 2.29. The van der Waals surface area contributed by atoms with E-state index in [0.717, 1.165) is 17.1 Å². The molecule has 0 saturated heterocycles. The van der Waals surface area contributed by atoms with Gasteiger partial charge in [0, 0.05) is 18.2 Å². The fourth-order valence-electron chi connectivity index (χ4n) is 1.39. The Bertz CT molecular complexity index is 519. The van der Waals surface area contributed by atoms with Crippen molar-refractivity contribution < 1.29 is 4.42 Å². The lowest BCUT2D eigenvalue weighted by Gasteiger charge is -1.99. The average molecular weight is 254 g/mol. The number of nitrogens with one attached hydrogen (secondary N) is 1. The molecular formula is C12H9Cl2NO. The highest BCUT2D eigenvalue weighted by atomic mass is 35.5. The lowest BCUT2D eigenvalue weighted by Crippen LogP contribution is -1.79. The monoisotopic (exact) mass is 253 g/mol. The first-order valence-electron chi connectivity index (χ1n) is 4.74. The second-order valence-corrected chi connectivity index (χ2v) is 4.12. The van der Waals surface area contributed by atoms with Gasteiger partial charge in [-0.1, -0.05) is 23.2 Å². The molecule has 0 saturated carbocycles. The van der Waals surface area contributed by atoms with Crippen molar-refractivity contribution in [3.63, 3.8) is 0 Å². The Morgan fingerprint density at radius 2 is 1.94 bits per heavy atom. The first kappa shape index (κ1) is 11.2. The summed E-state index contributed by atoms with van der Waals surface area (Å²) in [4.78, 5) is 0. The largest absolute Gasteiger partial charge is 0.461 e. The number of rotatable bonds is 3. The van der Waals surface area contributed by atoms with Gasteiger partial charge in [0.05, 0.1) is 10.0 Å². The highest BCUT2D eigenvalue weighted by Crippen LogP contribution is 2.29. The molecule has 0 aliphatic heterocycles. The molecule has 4 heteroatoms. The zero-order valence-corrected chi connectivity index (χ0v) is 9.85. The first-order chi connectivity index (χ1) is 7.70. The van der Waals surface area contributed by atoms with E-state index in [1.807, 2.05) is 18.2 Å². The van der Waals surface area contributed by atoms with E-state index < -0.39 is 0 Å². The van der Waals surface area contributed by atoms with Crippen LogP contribution in [0.4, 0.5) is 0 Å². The van der Waals surface area contributed by atoms with E-state index in [4.69, 9.17) is 33.0 Å². The number of halogens is 2. The molecule has 0 bridgehead atoms. The number of hydrogen-bond acceptors (Lipinski definition) is 2. The van der Waals surface area contributed by atoms with Gasteiger partial charge in [-0.15, -0.1) is 0 Å². The summed E-state index contributed by atoms with van der Waals surface area (Å²) in [6.07, 6.45) is 1.80. The molecule has 1 heterocycles. The molecule has 2 rings (SSSR count). The van der Waals surface area contributed by atoms with E-state index in [9.17, 15) is 0 Å². The van der Waals surface area contributed by atoms with Gasteiger partial charge in [-0.3, -0.25) is 0 Å². The minimum atomic E-state index is 0.501. The molecule has 0 radical (unpaired) electrons. The van der Waals surface area contributed by atoms with E-state index in [1.54, 1.807) is 12.1 Å². The maximum atomic E-state index is 6.99.